The number of nitrogens with zero attached hydrogens (tertiary/aromatic N) is 4. The minimum Gasteiger partial charge on any atom is -0.339 e. The zero-order chi connectivity index (χ0) is 21.3. The number of para-hydroxylation sites is 2. The number of carbonyl (C=O) groups excluding carboxylic acids is 1. The number of amides is 1. The smallest absolute Gasteiger partial charge is 0.244 e. The first-order chi connectivity index (χ1) is 14.4. The lowest BCUT2D eigenvalue weighted by Gasteiger charge is -2.34. The van der Waals surface area contributed by atoms with Crippen LogP contribution in [0.25, 0.3) is 11.0 Å². The SMILES string of the molecule is Cn1c(SCC(=O)N2CCN(S(=O)(=O)c3ccccc3Cl)CC2)nc2ccccc21. The lowest BCUT2D eigenvalue weighted by molar-refractivity contribution is -0.129. The largest absolute Gasteiger partial charge is 0.339 e. The summed E-state index contributed by atoms with van der Waals surface area (Å²) < 4.78 is 29.0. The Balaban J connectivity index is 1.36. The van der Waals surface area contributed by atoms with Gasteiger partial charge in [0.25, 0.3) is 0 Å². The maximum absolute atomic E-state index is 12.8. The fourth-order valence-electron chi connectivity index (χ4n) is 3.44. The van der Waals surface area contributed by atoms with E-state index in [0.29, 0.717) is 13.1 Å². The van der Waals surface area contributed by atoms with E-state index in [1.807, 2.05) is 35.9 Å². The molecule has 0 atom stereocenters. The third-order valence-electron chi connectivity index (χ3n) is 5.12. The van der Waals surface area contributed by atoms with Crippen molar-refractivity contribution in [3.05, 3.63) is 53.6 Å². The Morgan fingerprint density at radius 1 is 1.07 bits per heavy atom. The third-order valence-corrected chi connectivity index (χ3v) is 8.53. The van der Waals surface area contributed by atoms with E-state index >= 15 is 0 Å². The average Bonchev–Trinajstić information content (AvgIpc) is 3.08. The van der Waals surface area contributed by atoms with Gasteiger partial charge in [-0.25, -0.2) is 13.4 Å². The van der Waals surface area contributed by atoms with E-state index in [0.717, 1.165) is 16.2 Å². The molecule has 4 rings (SSSR count). The summed E-state index contributed by atoms with van der Waals surface area (Å²) in [6, 6.07) is 14.2. The maximum atomic E-state index is 12.8. The van der Waals surface area contributed by atoms with Crippen LogP contribution in [0.5, 0.6) is 0 Å². The van der Waals surface area contributed by atoms with E-state index in [1.54, 1.807) is 23.1 Å². The molecule has 2 aromatic carbocycles. The van der Waals surface area contributed by atoms with Gasteiger partial charge < -0.3 is 9.47 Å². The molecule has 7 nitrogen and oxygen atoms in total. The van der Waals surface area contributed by atoms with Gasteiger partial charge in [-0.3, -0.25) is 4.79 Å². The molecule has 1 fully saturated rings. The van der Waals surface area contributed by atoms with Crippen molar-refractivity contribution >= 4 is 50.3 Å². The van der Waals surface area contributed by atoms with Crippen LogP contribution in [0, 0.1) is 0 Å². The van der Waals surface area contributed by atoms with Crippen molar-refractivity contribution < 1.29 is 13.2 Å². The molecule has 30 heavy (non-hydrogen) atoms. The Morgan fingerprint density at radius 2 is 1.73 bits per heavy atom. The topological polar surface area (TPSA) is 75.5 Å². The molecule has 1 aliphatic rings. The number of aromatic nitrogens is 2. The summed E-state index contributed by atoms with van der Waals surface area (Å²) >= 11 is 7.46. The Bertz CT molecular complexity index is 1190. The molecule has 2 heterocycles. The lowest BCUT2D eigenvalue weighted by Crippen LogP contribution is -2.51. The molecule has 3 aromatic rings. The maximum Gasteiger partial charge on any atom is 0.244 e. The highest BCUT2D eigenvalue weighted by molar-refractivity contribution is 7.99. The van der Waals surface area contributed by atoms with E-state index in [-0.39, 0.29) is 34.7 Å². The first-order valence-electron chi connectivity index (χ1n) is 9.44. The molecule has 1 aliphatic heterocycles. The molecule has 0 unspecified atom stereocenters. The number of carbonyl (C=O) groups is 1. The van der Waals surface area contributed by atoms with E-state index in [2.05, 4.69) is 4.98 Å². The van der Waals surface area contributed by atoms with Gasteiger partial charge in [0.05, 0.1) is 21.8 Å². The van der Waals surface area contributed by atoms with Gasteiger partial charge in [-0.2, -0.15) is 4.31 Å². The van der Waals surface area contributed by atoms with Crippen molar-refractivity contribution in [1.82, 2.24) is 18.8 Å². The second-order valence-corrected chi connectivity index (χ2v) is 10.2. The minimum absolute atomic E-state index is 0.0261. The number of hydrogen-bond donors (Lipinski definition) is 0. The molecule has 0 aliphatic carbocycles. The summed E-state index contributed by atoms with van der Waals surface area (Å²) in [5, 5.41) is 0.986. The number of thioether (sulfide) groups is 1. The van der Waals surface area contributed by atoms with Gasteiger partial charge in [-0.15, -0.1) is 0 Å². The lowest BCUT2D eigenvalue weighted by atomic mass is 10.3. The van der Waals surface area contributed by atoms with Crippen molar-refractivity contribution in [1.29, 1.82) is 0 Å². The molecule has 0 saturated carbocycles. The molecule has 0 bridgehead atoms. The molecular formula is C20H21ClN4O3S2. The third kappa shape index (κ3) is 4.07. The van der Waals surface area contributed by atoms with Gasteiger partial charge in [0, 0.05) is 33.2 Å². The van der Waals surface area contributed by atoms with Crippen molar-refractivity contribution in [3.63, 3.8) is 0 Å². The second kappa shape index (κ2) is 8.58. The van der Waals surface area contributed by atoms with Crippen molar-refractivity contribution in [3.8, 4) is 0 Å². The number of rotatable bonds is 5. The van der Waals surface area contributed by atoms with Crippen molar-refractivity contribution in [2.75, 3.05) is 31.9 Å². The molecule has 0 radical (unpaired) electrons. The molecule has 1 saturated heterocycles. The number of halogens is 1. The quantitative estimate of drug-likeness (QED) is 0.543. The van der Waals surface area contributed by atoms with Gasteiger partial charge in [0.2, 0.25) is 15.9 Å². The standard InChI is InChI=1S/C20H21ClN4O3S2/c1-23-17-8-4-3-7-16(17)22-20(23)29-14-19(26)24-10-12-25(13-11-24)30(27,28)18-9-5-2-6-15(18)21/h2-9H,10-14H2,1H3. The Labute approximate surface area is 184 Å². The molecule has 0 N–H and O–H groups in total. The number of fused-ring (bicyclic) bond motifs is 1. The monoisotopic (exact) mass is 464 g/mol. The summed E-state index contributed by atoms with van der Waals surface area (Å²) in [7, 11) is -1.74. The predicted molar refractivity (Wildman–Crippen MR) is 118 cm³/mol. The Hall–Kier alpha value is -2.07. The highest BCUT2D eigenvalue weighted by Gasteiger charge is 2.31. The van der Waals surface area contributed by atoms with Crippen molar-refractivity contribution in [2.45, 2.75) is 10.1 Å². The number of imidazole rings is 1. The Kier molecular flexibility index (Phi) is 6.06. The Morgan fingerprint density at radius 3 is 2.43 bits per heavy atom. The van der Waals surface area contributed by atoms with Crippen LogP contribution in [0.15, 0.2) is 58.6 Å². The number of sulfonamides is 1. The molecule has 1 amide bonds. The van der Waals surface area contributed by atoms with Gasteiger partial charge in [0.1, 0.15) is 4.90 Å². The van der Waals surface area contributed by atoms with Gasteiger partial charge in [-0.05, 0) is 24.3 Å². The summed E-state index contributed by atoms with van der Waals surface area (Å²) in [6.07, 6.45) is 0. The zero-order valence-electron chi connectivity index (χ0n) is 16.4. The van der Waals surface area contributed by atoms with E-state index in [9.17, 15) is 13.2 Å². The van der Waals surface area contributed by atoms with Gasteiger partial charge >= 0.3 is 0 Å². The van der Waals surface area contributed by atoms with Gasteiger partial charge in [-0.1, -0.05) is 47.6 Å². The summed E-state index contributed by atoms with van der Waals surface area (Å²) in [4.78, 5) is 19.0. The fraction of sp³-hybridized carbons (Fsp3) is 0.300. The normalized spacial score (nSPS) is 15.6. The van der Waals surface area contributed by atoms with E-state index < -0.39 is 10.0 Å². The van der Waals surface area contributed by atoms with Crippen LogP contribution < -0.4 is 0 Å². The number of piperazine rings is 1. The summed E-state index contributed by atoms with van der Waals surface area (Å²) in [6.45, 7) is 1.20. The van der Waals surface area contributed by atoms with Crippen LogP contribution in [0.1, 0.15) is 0 Å². The van der Waals surface area contributed by atoms with Crippen LogP contribution in [-0.2, 0) is 21.9 Å². The molecule has 158 valence electrons. The van der Waals surface area contributed by atoms with Crippen LogP contribution in [-0.4, -0.2) is 65.0 Å². The highest BCUT2D eigenvalue weighted by atomic mass is 35.5. The average molecular weight is 465 g/mol. The zero-order valence-corrected chi connectivity index (χ0v) is 18.8. The van der Waals surface area contributed by atoms with Crippen LogP contribution in [0.3, 0.4) is 0 Å². The molecular weight excluding hydrogens is 444 g/mol. The summed E-state index contributed by atoms with van der Waals surface area (Å²) in [5.74, 6) is 0.232. The number of benzene rings is 2. The van der Waals surface area contributed by atoms with Crippen LogP contribution >= 0.6 is 23.4 Å². The molecule has 10 heteroatoms. The van der Waals surface area contributed by atoms with Crippen molar-refractivity contribution in [2.24, 2.45) is 7.05 Å². The van der Waals surface area contributed by atoms with Gasteiger partial charge in [0.15, 0.2) is 5.16 Å². The van der Waals surface area contributed by atoms with Crippen LogP contribution in [0.2, 0.25) is 5.02 Å². The highest BCUT2D eigenvalue weighted by Crippen LogP contribution is 2.26. The first-order valence-corrected chi connectivity index (χ1v) is 12.2. The number of hydrogen-bond acceptors (Lipinski definition) is 5. The van der Waals surface area contributed by atoms with Crippen LogP contribution in [0.4, 0.5) is 0 Å². The second-order valence-electron chi connectivity index (χ2n) is 6.95. The predicted octanol–water partition coefficient (Wildman–Crippen LogP) is 2.85. The first kappa shape index (κ1) is 21.2. The summed E-state index contributed by atoms with van der Waals surface area (Å²) in [5.41, 5.74) is 1.92. The van der Waals surface area contributed by atoms with E-state index in [4.69, 9.17) is 11.6 Å². The fourth-order valence-corrected chi connectivity index (χ4v) is 6.25. The molecule has 1 aromatic heterocycles. The minimum atomic E-state index is -3.67. The van der Waals surface area contributed by atoms with E-state index in [1.165, 1.54) is 22.1 Å². The number of aryl methyl sites for hydroxylation is 1. The molecule has 0 spiro atoms.